The number of nitrogens with one attached hydrogen (secondary N) is 4. The molecule has 1 saturated carbocycles. The number of hydrogen-bond acceptors (Lipinski definition) is 6. The van der Waals surface area contributed by atoms with Crippen LogP contribution in [0.15, 0.2) is 29.3 Å². The Kier molecular flexibility index (Phi) is 6.88. The van der Waals surface area contributed by atoms with Crippen molar-refractivity contribution in [2.45, 2.75) is 19.9 Å². The van der Waals surface area contributed by atoms with Gasteiger partial charge in [0.1, 0.15) is 6.54 Å². The number of piperidine rings is 1. The summed E-state index contributed by atoms with van der Waals surface area (Å²) in [6, 6.07) is 7.22. The zero-order valence-corrected chi connectivity index (χ0v) is 17.0. The highest BCUT2D eigenvalue weighted by atomic mass is 16.5. The summed E-state index contributed by atoms with van der Waals surface area (Å²) in [7, 11) is 0. The number of anilines is 1. The molecule has 30 heavy (non-hydrogen) atoms. The Morgan fingerprint density at radius 2 is 2.07 bits per heavy atom. The topological polar surface area (TPSA) is 141 Å². The summed E-state index contributed by atoms with van der Waals surface area (Å²) in [6.07, 6.45) is -0.596. The number of hydrogen-bond donors (Lipinski definition) is 5. The molecule has 1 saturated heterocycles. The molecule has 10 nitrogen and oxygen atoms in total. The fraction of sp³-hybridized carbons (Fsp3) is 0.500. The molecule has 4 atom stereocenters. The van der Waals surface area contributed by atoms with Crippen molar-refractivity contribution in [2.24, 2.45) is 22.7 Å². The van der Waals surface area contributed by atoms with Crippen LogP contribution in [0.5, 0.6) is 0 Å². The van der Waals surface area contributed by atoms with Gasteiger partial charge < -0.3 is 25.8 Å². The highest BCUT2D eigenvalue weighted by Crippen LogP contribution is 2.52. The number of alkyl carbamates (subject to hydrolysis) is 1. The second-order valence-electron chi connectivity index (χ2n) is 7.38. The number of rotatable bonds is 7. The van der Waals surface area contributed by atoms with Gasteiger partial charge in [-0.2, -0.15) is 0 Å². The third-order valence-corrected chi connectivity index (χ3v) is 5.41. The van der Waals surface area contributed by atoms with E-state index >= 15 is 0 Å². The van der Waals surface area contributed by atoms with E-state index in [9.17, 15) is 14.4 Å². The van der Waals surface area contributed by atoms with Gasteiger partial charge >= 0.3 is 12.1 Å². The Morgan fingerprint density at radius 3 is 2.77 bits per heavy atom. The first-order valence-corrected chi connectivity index (χ1v) is 9.94. The summed E-state index contributed by atoms with van der Waals surface area (Å²) in [5.74, 6) is -0.510. The first-order valence-electron chi connectivity index (χ1n) is 9.94. The molecule has 1 heterocycles. The average molecular weight is 417 g/mol. The largest absolute Gasteiger partial charge is 0.480 e. The smallest absolute Gasteiger partial charge is 0.413 e. The molecule has 2 amide bonds. The Hall–Kier alpha value is -3.14. The lowest BCUT2D eigenvalue weighted by Gasteiger charge is -2.16. The molecule has 0 bridgehead atoms. The summed E-state index contributed by atoms with van der Waals surface area (Å²) < 4.78 is 4.95. The van der Waals surface area contributed by atoms with Crippen molar-refractivity contribution in [1.29, 1.82) is 0 Å². The van der Waals surface area contributed by atoms with Crippen molar-refractivity contribution in [2.75, 3.05) is 31.6 Å². The van der Waals surface area contributed by atoms with Gasteiger partial charge in [0, 0.05) is 12.2 Å². The lowest BCUT2D eigenvalue weighted by atomic mass is 10.1. The van der Waals surface area contributed by atoms with Crippen molar-refractivity contribution in [3.63, 3.8) is 0 Å². The van der Waals surface area contributed by atoms with Gasteiger partial charge in [0.25, 0.3) is 0 Å². The van der Waals surface area contributed by atoms with Crippen molar-refractivity contribution >= 4 is 29.6 Å². The summed E-state index contributed by atoms with van der Waals surface area (Å²) in [6.45, 7) is 4.63. The van der Waals surface area contributed by atoms with E-state index in [1.807, 2.05) is 31.2 Å². The van der Waals surface area contributed by atoms with Crippen molar-refractivity contribution < 1.29 is 24.2 Å². The van der Waals surface area contributed by atoms with Crippen LogP contribution in [0.3, 0.4) is 0 Å². The SMILES string of the molecule is CCOC(=O)NC(=NC[C@@H]1[C@H]2CN[C@H](C(=O)NCC(=O)O)[C@@H]12)Nc1ccccc1C. The summed E-state index contributed by atoms with van der Waals surface area (Å²) >= 11 is 0. The van der Waals surface area contributed by atoms with Crippen LogP contribution in [-0.2, 0) is 14.3 Å². The molecule has 0 unspecified atom stereocenters. The zero-order valence-electron chi connectivity index (χ0n) is 17.0. The monoisotopic (exact) mass is 417 g/mol. The minimum atomic E-state index is -1.08. The number of aliphatic imine (C=N–C) groups is 1. The van der Waals surface area contributed by atoms with E-state index in [-0.39, 0.29) is 30.3 Å². The van der Waals surface area contributed by atoms with Gasteiger partial charge in [-0.1, -0.05) is 18.2 Å². The Balaban J connectivity index is 1.63. The van der Waals surface area contributed by atoms with Gasteiger partial charge in [-0.3, -0.25) is 19.9 Å². The second-order valence-corrected chi connectivity index (χ2v) is 7.38. The number of guanidine groups is 1. The highest BCUT2D eigenvalue weighted by molar-refractivity contribution is 6.02. The van der Waals surface area contributed by atoms with E-state index in [1.165, 1.54) is 0 Å². The molecule has 0 spiro atoms. The van der Waals surface area contributed by atoms with Crippen LogP contribution < -0.4 is 21.3 Å². The Morgan fingerprint density at radius 1 is 1.30 bits per heavy atom. The number of nitrogens with zero attached hydrogens (tertiary/aromatic N) is 1. The third kappa shape index (κ3) is 5.26. The van der Waals surface area contributed by atoms with Crippen LogP contribution in [0.2, 0.25) is 0 Å². The van der Waals surface area contributed by atoms with E-state index in [1.54, 1.807) is 6.92 Å². The molecular formula is C20H27N5O5. The summed E-state index contributed by atoms with van der Waals surface area (Å²) in [5, 5.41) is 20.0. The number of aryl methyl sites for hydroxylation is 1. The van der Waals surface area contributed by atoms with Crippen LogP contribution in [0.4, 0.5) is 10.5 Å². The number of carboxylic acid groups (broad SMARTS) is 1. The minimum absolute atomic E-state index is 0.102. The average Bonchev–Trinajstić information content (AvgIpc) is 3.20. The molecule has 3 rings (SSSR count). The van der Waals surface area contributed by atoms with Gasteiger partial charge in [0.2, 0.25) is 11.9 Å². The molecule has 1 aliphatic carbocycles. The maximum absolute atomic E-state index is 12.2. The molecule has 0 aromatic heterocycles. The molecule has 0 radical (unpaired) electrons. The van der Waals surface area contributed by atoms with Crippen molar-refractivity contribution in [3.8, 4) is 0 Å². The van der Waals surface area contributed by atoms with Crippen LogP contribution >= 0.6 is 0 Å². The minimum Gasteiger partial charge on any atom is -0.480 e. The number of aliphatic carboxylic acids is 1. The Bertz CT molecular complexity index is 843. The molecule has 1 aromatic carbocycles. The second kappa shape index (κ2) is 9.57. The summed E-state index contributed by atoms with van der Waals surface area (Å²) in [4.78, 5) is 39.3. The third-order valence-electron chi connectivity index (χ3n) is 5.41. The molecule has 5 N–H and O–H groups in total. The molecular weight excluding hydrogens is 390 g/mol. The van der Waals surface area contributed by atoms with Gasteiger partial charge in [0.05, 0.1) is 12.6 Å². The van der Waals surface area contributed by atoms with Gasteiger partial charge in [-0.25, -0.2) is 4.79 Å². The van der Waals surface area contributed by atoms with Gasteiger partial charge in [-0.05, 0) is 49.8 Å². The fourth-order valence-corrected chi connectivity index (χ4v) is 3.86. The maximum Gasteiger partial charge on any atom is 0.413 e. The van der Waals surface area contributed by atoms with Crippen molar-refractivity contribution in [1.82, 2.24) is 16.0 Å². The lowest BCUT2D eigenvalue weighted by molar-refractivity contribution is -0.138. The van der Waals surface area contributed by atoms with E-state index in [4.69, 9.17) is 9.84 Å². The van der Waals surface area contributed by atoms with Crippen LogP contribution in [0, 0.1) is 24.7 Å². The normalized spacial score (nSPS) is 24.5. The number of carboxylic acids is 1. The van der Waals surface area contributed by atoms with E-state index in [0.29, 0.717) is 19.0 Å². The fourth-order valence-electron chi connectivity index (χ4n) is 3.86. The quantitative estimate of drug-likeness (QED) is 0.322. The molecule has 10 heteroatoms. The molecule has 1 aliphatic heterocycles. The van der Waals surface area contributed by atoms with Crippen molar-refractivity contribution in [3.05, 3.63) is 29.8 Å². The predicted octanol–water partition coefficient (Wildman–Crippen LogP) is 0.544. The maximum atomic E-state index is 12.2. The van der Waals surface area contributed by atoms with E-state index in [2.05, 4.69) is 26.3 Å². The number of fused-ring (bicyclic) bond motifs is 1. The van der Waals surface area contributed by atoms with E-state index < -0.39 is 24.6 Å². The first kappa shape index (κ1) is 21.6. The molecule has 2 fully saturated rings. The number of carbonyl (C=O) groups is 3. The lowest BCUT2D eigenvalue weighted by Crippen LogP contribution is -2.45. The highest BCUT2D eigenvalue weighted by Gasteiger charge is 2.59. The van der Waals surface area contributed by atoms with Crippen LogP contribution in [-0.4, -0.2) is 61.3 Å². The van der Waals surface area contributed by atoms with Gasteiger partial charge in [0.15, 0.2) is 0 Å². The van der Waals surface area contributed by atoms with E-state index in [0.717, 1.165) is 11.3 Å². The number of carbonyl (C=O) groups excluding carboxylic acids is 2. The molecule has 162 valence electrons. The number of amides is 2. The first-order chi connectivity index (χ1) is 14.4. The van der Waals surface area contributed by atoms with Gasteiger partial charge in [-0.15, -0.1) is 0 Å². The predicted molar refractivity (Wildman–Crippen MR) is 110 cm³/mol. The number of ether oxygens (including phenoxy) is 1. The van der Waals surface area contributed by atoms with Crippen LogP contribution in [0.1, 0.15) is 12.5 Å². The molecule has 1 aromatic rings. The summed E-state index contributed by atoms with van der Waals surface area (Å²) in [5.41, 5.74) is 1.81. The number of benzene rings is 1. The Labute approximate surface area is 174 Å². The zero-order chi connectivity index (χ0) is 21.7. The standard InChI is InChI=1S/C20H27N5O5/c1-3-30-20(29)25-19(24-14-7-5-4-6-11(14)2)23-9-13-12-8-21-17(16(12)13)18(28)22-10-15(26)27/h4-7,12-13,16-17,21H,3,8-10H2,1-2H3,(H,22,28)(H,26,27)(H2,23,24,25,29)/t12-,13-,16-,17+/m1/s1. The van der Waals surface area contributed by atoms with Crippen LogP contribution in [0.25, 0.3) is 0 Å². The number of para-hydroxylation sites is 1. The molecule has 2 aliphatic rings.